The van der Waals surface area contributed by atoms with E-state index < -0.39 is 0 Å². The third-order valence-corrected chi connectivity index (χ3v) is 16.2. The van der Waals surface area contributed by atoms with Gasteiger partial charge in [0.2, 0.25) is 0 Å². The summed E-state index contributed by atoms with van der Waals surface area (Å²) in [6.07, 6.45) is 4.52. The van der Waals surface area contributed by atoms with Crippen LogP contribution in [0.15, 0.2) is 95.4 Å². The Bertz CT molecular complexity index is 2890. The molecule has 3 nitrogen and oxygen atoms in total. The maximum absolute atomic E-state index is 7.79. The Morgan fingerprint density at radius 3 is 1.69 bits per heavy atom. The van der Waals surface area contributed by atoms with Crippen molar-refractivity contribution in [2.45, 2.75) is 169 Å². The number of aryl methyl sites for hydroxylation is 2. The average molecular weight is 847 g/mol. The Morgan fingerprint density at radius 2 is 1.08 bits per heavy atom. The smallest absolute Gasteiger partial charge is 0.297 e. The molecule has 0 bridgehead atoms. The number of hydrogen-bond acceptors (Lipinski definition) is 3. The minimum Gasteiger partial charge on any atom is -0.472 e. The predicted octanol–water partition coefficient (Wildman–Crippen LogP) is 14.9. The van der Waals surface area contributed by atoms with E-state index in [1.54, 1.807) is 0 Å². The Kier molecular flexibility index (Phi) is 9.26. The average Bonchev–Trinajstić information content (AvgIpc) is 3.64. The zero-order chi connectivity index (χ0) is 45.8. The summed E-state index contributed by atoms with van der Waals surface area (Å²) in [4.78, 5) is 5.32. The summed E-state index contributed by atoms with van der Waals surface area (Å²) in [5.41, 5.74) is 23.2. The molecule has 0 saturated heterocycles. The fourth-order valence-corrected chi connectivity index (χ4v) is 11.9. The summed E-state index contributed by atoms with van der Waals surface area (Å²) in [5.74, 6) is 1.16. The van der Waals surface area contributed by atoms with Crippen LogP contribution in [0.2, 0.25) is 0 Å². The first-order valence-electron chi connectivity index (χ1n) is 24.2. The van der Waals surface area contributed by atoms with Gasteiger partial charge in [0.15, 0.2) is 0 Å². The molecule has 0 spiro atoms. The number of anilines is 6. The van der Waals surface area contributed by atoms with Gasteiger partial charge in [-0.2, -0.15) is 0 Å². The second-order valence-corrected chi connectivity index (χ2v) is 24.9. The molecule has 0 atom stereocenters. The molecule has 5 aromatic carbocycles. The second-order valence-electron chi connectivity index (χ2n) is 24.9. The highest BCUT2D eigenvalue weighted by Crippen LogP contribution is 2.57. The van der Waals surface area contributed by atoms with Crippen molar-refractivity contribution in [3.8, 4) is 11.1 Å². The van der Waals surface area contributed by atoms with Crippen molar-refractivity contribution in [3.05, 3.63) is 136 Å². The Balaban J connectivity index is 1.37. The normalized spacial score (nSPS) is 18.8. The highest BCUT2D eigenvalue weighted by atomic mass is 16.3. The van der Waals surface area contributed by atoms with Gasteiger partial charge in [0.05, 0.1) is 17.0 Å². The van der Waals surface area contributed by atoms with Crippen LogP contribution in [-0.2, 0) is 32.5 Å². The first-order chi connectivity index (χ1) is 29.8. The summed E-state index contributed by atoms with van der Waals surface area (Å²) in [7, 11) is 0. The number of rotatable bonds is 3. The Labute approximate surface area is 385 Å². The van der Waals surface area contributed by atoms with Crippen LogP contribution in [0.4, 0.5) is 34.1 Å². The van der Waals surface area contributed by atoms with Crippen LogP contribution in [0.3, 0.4) is 0 Å². The lowest BCUT2D eigenvalue weighted by Gasteiger charge is -2.47. The standard InChI is InChI=1S/C60H71BN2O/c1-36-30-48-51-49(31-36)63(46-25-23-40(56(6,7)8)33-41(46)38-20-18-17-19-21-38)52-50-53(60(15,16)29-28-59(50,13)14)64-54(52)61(51)44-34-42-43(58(11,12)27-26-57(42,9)10)35-47(44)62(48)45-24-22-39(32-37(45)2)55(3,4)5/h17-25,30-35H,26-29H2,1-16H3. The Hall–Kier alpha value is -4.96. The number of benzene rings is 5. The summed E-state index contributed by atoms with van der Waals surface area (Å²) >= 11 is 0. The van der Waals surface area contributed by atoms with Crippen molar-refractivity contribution in [1.29, 1.82) is 0 Å². The van der Waals surface area contributed by atoms with Gasteiger partial charge >= 0.3 is 0 Å². The molecule has 0 N–H and O–H groups in total. The van der Waals surface area contributed by atoms with E-state index >= 15 is 0 Å². The maximum atomic E-state index is 7.79. The maximum Gasteiger partial charge on any atom is 0.297 e. The molecule has 1 aromatic heterocycles. The van der Waals surface area contributed by atoms with Crippen LogP contribution < -0.4 is 26.4 Å². The molecule has 0 fully saturated rings. The Morgan fingerprint density at radius 1 is 0.531 bits per heavy atom. The van der Waals surface area contributed by atoms with Crippen LogP contribution in [0.5, 0.6) is 0 Å². The van der Waals surface area contributed by atoms with E-state index in [0.717, 1.165) is 30.7 Å². The van der Waals surface area contributed by atoms with Gasteiger partial charge in [-0.3, -0.25) is 0 Å². The zero-order valence-corrected chi connectivity index (χ0v) is 41.9. The van der Waals surface area contributed by atoms with E-state index in [2.05, 4.69) is 212 Å². The van der Waals surface area contributed by atoms with Gasteiger partial charge in [0, 0.05) is 39.3 Å². The summed E-state index contributed by atoms with van der Waals surface area (Å²) in [5, 5.41) is 0. The molecular weight excluding hydrogens is 775 g/mol. The van der Waals surface area contributed by atoms with Gasteiger partial charge in [0.1, 0.15) is 5.76 Å². The van der Waals surface area contributed by atoms with E-state index in [0.29, 0.717) is 0 Å². The van der Waals surface area contributed by atoms with Gasteiger partial charge in [-0.05, 0) is 153 Å². The molecule has 2 aliphatic carbocycles. The van der Waals surface area contributed by atoms with Gasteiger partial charge in [-0.25, -0.2) is 0 Å². The highest BCUT2D eigenvalue weighted by Gasteiger charge is 2.53. The number of nitrogens with zero attached hydrogens (tertiary/aromatic N) is 2. The molecular formula is C60H71BN2O. The van der Waals surface area contributed by atoms with E-state index in [1.807, 2.05) is 0 Å². The van der Waals surface area contributed by atoms with Crippen LogP contribution >= 0.6 is 0 Å². The summed E-state index contributed by atoms with van der Waals surface area (Å²) in [6.45, 7) is 38.2. The number of hydrogen-bond donors (Lipinski definition) is 0. The first kappa shape index (κ1) is 43.0. The molecule has 10 rings (SSSR count). The van der Waals surface area contributed by atoms with Crippen molar-refractivity contribution in [2.24, 2.45) is 0 Å². The first-order valence-corrected chi connectivity index (χ1v) is 24.2. The van der Waals surface area contributed by atoms with E-state index in [1.165, 1.54) is 102 Å². The molecule has 6 aromatic rings. The van der Waals surface area contributed by atoms with E-state index in [-0.39, 0.29) is 39.2 Å². The molecule has 0 unspecified atom stereocenters. The van der Waals surface area contributed by atoms with Crippen molar-refractivity contribution in [1.82, 2.24) is 0 Å². The molecule has 4 aliphatic rings. The van der Waals surface area contributed by atoms with E-state index in [4.69, 9.17) is 4.42 Å². The van der Waals surface area contributed by atoms with Crippen molar-refractivity contribution < 1.29 is 4.42 Å². The minimum absolute atomic E-state index is 0.0182. The van der Waals surface area contributed by atoms with Crippen LogP contribution in [0.25, 0.3) is 11.1 Å². The monoisotopic (exact) mass is 847 g/mol. The lowest BCUT2D eigenvalue weighted by atomic mass is 9.35. The highest BCUT2D eigenvalue weighted by molar-refractivity contribution is 6.99. The predicted molar refractivity (Wildman–Crippen MR) is 276 cm³/mol. The topological polar surface area (TPSA) is 19.6 Å². The quantitative estimate of drug-likeness (QED) is 0.165. The molecule has 0 saturated carbocycles. The fourth-order valence-electron chi connectivity index (χ4n) is 11.9. The zero-order valence-electron chi connectivity index (χ0n) is 41.9. The summed E-state index contributed by atoms with van der Waals surface area (Å²) < 4.78 is 7.79. The second kappa shape index (κ2) is 13.8. The summed E-state index contributed by atoms with van der Waals surface area (Å²) in [6, 6.07) is 35.8. The van der Waals surface area contributed by atoms with E-state index in [9.17, 15) is 0 Å². The largest absolute Gasteiger partial charge is 0.472 e. The van der Waals surface area contributed by atoms with Crippen LogP contribution in [-0.4, -0.2) is 6.71 Å². The molecule has 2 aliphatic heterocycles. The lowest BCUT2D eigenvalue weighted by molar-refractivity contribution is 0.282. The van der Waals surface area contributed by atoms with Crippen LogP contribution in [0, 0.1) is 13.8 Å². The number of furan rings is 1. The molecule has 0 amide bonds. The van der Waals surface area contributed by atoms with Gasteiger partial charge < -0.3 is 14.2 Å². The third-order valence-electron chi connectivity index (χ3n) is 16.2. The molecule has 64 heavy (non-hydrogen) atoms. The SMILES string of the molecule is Cc1cc2c3c(c1)N(c1ccc(C(C)(C)C)cc1-c1ccccc1)c1c(oc4c1C(C)(C)CCC4(C)C)B3c1cc3c(cc1N2c1ccc(C(C)(C)C)cc1C)C(C)(C)CCC3(C)C. The van der Waals surface area contributed by atoms with Crippen molar-refractivity contribution in [2.75, 3.05) is 9.80 Å². The molecule has 4 heteroatoms. The van der Waals surface area contributed by atoms with Gasteiger partial charge in [-0.1, -0.05) is 152 Å². The van der Waals surface area contributed by atoms with Crippen molar-refractivity contribution in [3.63, 3.8) is 0 Å². The molecule has 330 valence electrons. The van der Waals surface area contributed by atoms with Crippen LogP contribution in [0.1, 0.15) is 167 Å². The lowest BCUT2D eigenvalue weighted by Crippen LogP contribution is -2.61. The molecule has 3 heterocycles. The minimum atomic E-state index is -0.117. The molecule has 0 radical (unpaired) electrons. The van der Waals surface area contributed by atoms with Crippen molar-refractivity contribution >= 4 is 57.4 Å². The van der Waals surface area contributed by atoms with Gasteiger partial charge in [0.25, 0.3) is 6.71 Å². The number of fused-ring (bicyclic) bond motifs is 7. The third kappa shape index (κ3) is 6.42. The van der Waals surface area contributed by atoms with Gasteiger partial charge in [-0.15, -0.1) is 0 Å². The fraction of sp³-hybridized carbons (Fsp3) is 0.433.